The molecule has 2 aromatic carbocycles. The molecule has 0 nitrogen and oxygen atoms in total. The molecule has 141 valence electrons. The second kappa shape index (κ2) is 7.67. The summed E-state index contributed by atoms with van der Waals surface area (Å²) >= 11 is -0.475. The Morgan fingerprint density at radius 3 is 2.00 bits per heavy atom. The Morgan fingerprint density at radius 2 is 1.46 bits per heavy atom. The van der Waals surface area contributed by atoms with E-state index in [1.807, 2.05) is 0 Å². The normalized spacial score (nSPS) is 13.1. The molecule has 2 rings (SSSR count). The molecule has 1 radical (unpaired) electrons. The van der Waals surface area contributed by atoms with Gasteiger partial charge in [0.15, 0.2) is 0 Å². The van der Waals surface area contributed by atoms with Crippen LogP contribution in [0, 0.1) is 6.07 Å². The Morgan fingerprint density at radius 1 is 0.846 bits per heavy atom. The minimum atomic E-state index is -5.81. The van der Waals surface area contributed by atoms with E-state index in [9.17, 15) is 35.1 Å². The number of rotatable bonds is 5. The molecule has 0 unspecified atom stereocenters. The SMILES string of the molecule is FC(F)(F)CSc1cc[c]c(SC(F)(F)C(F)(F)F)c1-c1ccccc1. The van der Waals surface area contributed by atoms with Crippen LogP contribution < -0.4 is 0 Å². The third-order valence-corrected chi connectivity index (χ3v) is 5.07. The van der Waals surface area contributed by atoms with E-state index in [0.29, 0.717) is 11.8 Å². The van der Waals surface area contributed by atoms with E-state index in [2.05, 4.69) is 6.07 Å². The van der Waals surface area contributed by atoms with E-state index < -0.39 is 40.0 Å². The largest absolute Gasteiger partial charge is 0.464 e. The lowest BCUT2D eigenvalue weighted by Gasteiger charge is -2.21. The van der Waals surface area contributed by atoms with Gasteiger partial charge < -0.3 is 0 Å². The molecule has 0 saturated carbocycles. The van der Waals surface area contributed by atoms with Crippen molar-refractivity contribution in [3.63, 3.8) is 0 Å². The van der Waals surface area contributed by atoms with Gasteiger partial charge in [-0.05, 0) is 29.5 Å². The van der Waals surface area contributed by atoms with Crippen molar-refractivity contribution in [2.45, 2.75) is 27.4 Å². The number of halogens is 8. The molecule has 0 amide bonds. The van der Waals surface area contributed by atoms with Gasteiger partial charge in [-0.1, -0.05) is 36.4 Å². The van der Waals surface area contributed by atoms with Crippen LogP contribution in [-0.4, -0.2) is 23.4 Å². The predicted molar refractivity (Wildman–Crippen MR) is 84.4 cm³/mol. The van der Waals surface area contributed by atoms with Crippen molar-refractivity contribution < 1.29 is 35.1 Å². The van der Waals surface area contributed by atoms with Crippen molar-refractivity contribution in [1.82, 2.24) is 0 Å². The van der Waals surface area contributed by atoms with Gasteiger partial charge in [0.05, 0.1) is 5.75 Å². The third-order valence-electron chi connectivity index (χ3n) is 2.94. The first-order valence-electron chi connectivity index (χ1n) is 6.84. The molecule has 26 heavy (non-hydrogen) atoms. The van der Waals surface area contributed by atoms with Gasteiger partial charge in [0, 0.05) is 15.4 Å². The average molecular weight is 417 g/mol. The second-order valence-electron chi connectivity index (χ2n) is 4.93. The standard InChI is InChI=1S/C16H9F8S2/c17-14(18,19)9-25-11-7-4-8-12(26-16(23,24)15(20,21)22)13(11)10-5-2-1-3-6-10/h1-7H,9H2. The first-order chi connectivity index (χ1) is 11.9. The van der Waals surface area contributed by atoms with Crippen molar-refractivity contribution in [3.8, 4) is 11.1 Å². The van der Waals surface area contributed by atoms with Crippen LogP contribution >= 0.6 is 23.5 Å². The van der Waals surface area contributed by atoms with Gasteiger partial charge in [-0.3, -0.25) is 0 Å². The van der Waals surface area contributed by atoms with E-state index in [4.69, 9.17) is 0 Å². The summed E-state index contributed by atoms with van der Waals surface area (Å²) in [5.41, 5.74) is 0.0748. The van der Waals surface area contributed by atoms with Crippen molar-refractivity contribution in [2.24, 2.45) is 0 Å². The van der Waals surface area contributed by atoms with Crippen LogP contribution in [0.25, 0.3) is 11.1 Å². The molecule has 0 fully saturated rings. The highest BCUT2D eigenvalue weighted by Gasteiger charge is 2.58. The zero-order valence-electron chi connectivity index (χ0n) is 12.6. The van der Waals surface area contributed by atoms with Gasteiger partial charge in [0.2, 0.25) is 0 Å². The minimum Gasteiger partial charge on any atom is -0.183 e. The molecule has 0 heterocycles. The highest BCUT2D eigenvalue weighted by Crippen LogP contribution is 2.51. The molecular weight excluding hydrogens is 408 g/mol. The quantitative estimate of drug-likeness (QED) is 0.378. The molecular formula is C16H9F8S2. The van der Waals surface area contributed by atoms with Crippen LogP contribution in [0.3, 0.4) is 0 Å². The molecule has 10 heteroatoms. The molecule has 0 bridgehead atoms. The van der Waals surface area contributed by atoms with E-state index in [0.717, 1.165) is 6.07 Å². The lowest BCUT2D eigenvalue weighted by Crippen LogP contribution is -2.32. The van der Waals surface area contributed by atoms with Crippen molar-refractivity contribution in [3.05, 3.63) is 48.5 Å². The van der Waals surface area contributed by atoms with E-state index in [1.165, 1.54) is 30.3 Å². The molecule has 0 aromatic heterocycles. The maximum Gasteiger partial charge on any atom is 0.464 e. The lowest BCUT2D eigenvalue weighted by molar-refractivity contribution is -0.237. The van der Waals surface area contributed by atoms with Crippen LogP contribution in [0.4, 0.5) is 35.1 Å². The summed E-state index contributed by atoms with van der Waals surface area (Å²) in [5.74, 6) is -1.31. The monoisotopic (exact) mass is 417 g/mol. The fraction of sp³-hybridized carbons (Fsp3) is 0.250. The minimum absolute atomic E-state index is 0.0623. The molecule has 0 N–H and O–H groups in total. The smallest absolute Gasteiger partial charge is 0.183 e. The van der Waals surface area contributed by atoms with Crippen molar-refractivity contribution in [1.29, 1.82) is 0 Å². The lowest BCUT2D eigenvalue weighted by atomic mass is 10.1. The van der Waals surface area contributed by atoms with Gasteiger partial charge in [-0.15, -0.1) is 11.8 Å². The summed E-state index contributed by atoms with van der Waals surface area (Å²) in [6, 6.07) is 11.9. The Kier molecular flexibility index (Phi) is 6.17. The van der Waals surface area contributed by atoms with Crippen LogP contribution in [0.1, 0.15) is 0 Å². The van der Waals surface area contributed by atoms with Gasteiger partial charge in [-0.2, -0.15) is 35.1 Å². The summed E-state index contributed by atoms with van der Waals surface area (Å²) in [5, 5.41) is -5.11. The summed E-state index contributed by atoms with van der Waals surface area (Å²) in [6.45, 7) is 0. The molecule has 0 atom stereocenters. The Balaban J connectivity index is 2.51. The molecule has 0 aliphatic rings. The van der Waals surface area contributed by atoms with Crippen LogP contribution in [0.2, 0.25) is 0 Å². The fourth-order valence-electron chi connectivity index (χ4n) is 1.89. The number of hydrogen-bond acceptors (Lipinski definition) is 2. The summed E-state index contributed by atoms with van der Waals surface area (Å²) in [7, 11) is 0. The Bertz CT molecular complexity index is 738. The predicted octanol–water partition coefficient (Wildman–Crippen LogP) is 7.06. The van der Waals surface area contributed by atoms with Gasteiger partial charge >= 0.3 is 17.6 Å². The van der Waals surface area contributed by atoms with Gasteiger partial charge in [0.1, 0.15) is 0 Å². The van der Waals surface area contributed by atoms with Crippen molar-refractivity contribution in [2.75, 3.05) is 5.75 Å². The van der Waals surface area contributed by atoms with Gasteiger partial charge in [0.25, 0.3) is 0 Å². The number of hydrogen-bond donors (Lipinski definition) is 0. The fourth-order valence-corrected chi connectivity index (χ4v) is 3.63. The van der Waals surface area contributed by atoms with Crippen LogP contribution in [0.15, 0.2) is 52.3 Å². The summed E-state index contributed by atoms with van der Waals surface area (Å²) in [6.07, 6.45) is -10.3. The van der Waals surface area contributed by atoms with E-state index >= 15 is 0 Å². The molecule has 0 saturated heterocycles. The third kappa shape index (κ3) is 5.29. The summed E-state index contributed by atoms with van der Waals surface area (Å²) < 4.78 is 102. The maximum atomic E-state index is 13.5. The topological polar surface area (TPSA) is 0 Å². The highest BCUT2D eigenvalue weighted by molar-refractivity contribution is 8.01. The van der Waals surface area contributed by atoms with E-state index in [1.54, 1.807) is 6.07 Å². The first kappa shape index (κ1) is 20.9. The number of thioether (sulfide) groups is 2. The van der Waals surface area contributed by atoms with E-state index in [-0.39, 0.29) is 16.0 Å². The van der Waals surface area contributed by atoms with Gasteiger partial charge in [-0.25, -0.2) is 0 Å². The molecule has 0 aliphatic carbocycles. The molecule has 2 aromatic rings. The number of alkyl halides is 8. The summed E-state index contributed by atoms with van der Waals surface area (Å²) in [4.78, 5) is -0.640. The Labute approximate surface area is 152 Å². The van der Waals surface area contributed by atoms with Crippen LogP contribution in [-0.2, 0) is 0 Å². The number of benzene rings is 2. The highest BCUT2D eigenvalue weighted by atomic mass is 32.2. The molecule has 0 spiro atoms. The van der Waals surface area contributed by atoms with Crippen molar-refractivity contribution >= 4 is 23.5 Å². The zero-order chi connectivity index (χ0) is 19.6. The molecule has 0 aliphatic heterocycles. The second-order valence-corrected chi connectivity index (χ2v) is 7.07. The average Bonchev–Trinajstić information content (AvgIpc) is 2.51. The first-order valence-corrected chi connectivity index (χ1v) is 8.64. The zero-order valence-corrected chi connectivity index (χ0v) is 14.2. The maximum absolute atomic E-state index is 13.5. The van der Waals surface area contributed by atoms with Crippen LogP contribution in [0.5, 0.6) is 0 Å². The Hall–Kier alpha value is -1.42.